The van der Waals surface area contributed by atoms with Crippen molar-refractivity contribution in [2.24, 2.45) is 0 Å². The molecule has 1 N–H and O–H groups in total. The highest BCUT2D eigenvalue weighted by molar-refractivity contribution is 6.01. The van der Waals surface area contributed by atoms with Crippen LogP contribution in [0.4, 0.5) is 5.82 Å². The predicted molar refractivity (Wildman–Crippen MR) is 120 cm³/mol. The average Bonchev–Trinajstić information content (AvgIpc) is 3.21. The van der Waals surface area contributed by atoms with Gasteiger partial charge in [0.05, 0.1) is 12.8 Å². The Labute approximate surface area is 186 Å². The van der Waals surface area contributed by atoms with Crippen molar-refractivity contribution in [1.82, 2.24) is 19.7 Å². The number of hydrogen-bond acceptors (Lipinski definition) is 7. The molecule has 2 aromatic heterocycles. The molecule has 0 radical (unpaired) electrons. The number of ether oxygens (including phenoxy) is 2. The maximum atomic E-state index is 12.6. The van der Waals surface area contributed by atoms with Gasteiger partial charge in [0.15, 0.2) is 18.1 Å². The van der Waals surface area contributed by atoms with Gasteiger partial charge in [-0.3, -0.25) is 4.79 Å². The van der Waals surface area contributed by atoms with Crippen molar-refractivity contribution in [2.45, 2.75) is 26.2 Å². The fourth-order valence-corrected chi connectivity index (χ4v) is 2.75. The molecule has 9 heteroatoms. The molecular weight excluding hydrogens is 408 g/mol. The number of amides is 1. The number of nitrogens with one attached hydrogen (secondary N) is 1. The predicted octanol–water partition coefficient (Wildman–Crippen LogP) is 3.52. The zero-order valence-electron chi connectivity index (χ0n) is 18.4. The summed E-state index contributed by atoms with van der Waals surface area (Å²) < 4.78 is 12.1. The maximum Gasteiger partial charge on any atom is 0.252 e. The van der Waals surface area contributed by atoms with Gasteiger partial charge in [0.25, 0.3) is 5.95 Å². The minimum atomic E-state index is -0.341. The van der Waals surface area contributed by atoms with Crippen molar-refractivity contribution in [3.8, 4) is 23.5 Å². The van der Waals surface area contributed by atoms with Crippen LogP contribution in [0.25, 0.3) is 12.0 Å². The number of carbonyl (C=O) groups excluding carboxylic acids is 1. The molecule has 0 aliphatic carbocycles. The standard InChI is InChI=1S/C23H24N6O3/c1-23(2,3)19-15-20(29(28-19)22-25-11-5-12-26-22)27-21(30)9-7-16-6-8-17(32-13-10-24)18(14-16)31-4/h5-9,11-12,14-15H,13H2,1-4H3,(H,27,30)/b9-7+. The third kappa shape index (κ3) is 5.49. The van der Waals surface area contributed by atoms with Crippen molar-refractivity contribution in [3.63, 3.8) is 0 Å². The average molecular weight is 432 g/mol. The molecule has 1 aromatic carbocycles. The summed E-state index contributed by atoms with van der Waals surface area (Å²) in [6, 6.07) is 10.6. The highest BCUT2D eigenvalue weighted by Crippen LogP contribution is 2.29. The molecule has 0 aliphatic rings. The second-order valence-electron chi connectivity index (χ2n) is 7.81. The topological polar surface area (TPSA) is 115 Å². The number of nitriles is 1. The lowest BCUT2D eigenvalue weighted by atomic mass is 9.92. The van der Waals surface area contributed by atoms with Crippen molar-refractivity contribution < 1.29 is 14.3 Å². The smallest absolute Gasteiger partial charge is 0.252 e. The van der Waals surface area contributed by atoms with Gasteiger partial charge in [0.1, 0.15) is 11.9 Å². The van der Waals surface area contributed by atoms with E-state index in [9.17, 15) is 4.79 Å². The van der Waals surface area contributed by atoms with E-state index in [1.54, 1.807) is 42.7 Å². The van der Waals surface area contributed by atoms with Gasteiger partial charge in [-0.1, -0.05) is 26.8 Å². The molecule has 2 heterocycles. The van der Waals surface area contributed by atoms with E-state index in [4.69, 9.17) is 14.7 Å². The van der Waals surface area contributed by atoms with Crippen LogP contribution in [0.15, 0.2) is 48.8 Å². The highest BCUT2D eigenvalue weighted by atomic mass is 16.5. The summed E-state index contributed by atoms with van der Waals surface area (Å²) in [5, 5.41) is 16.1. The first-order chi connectivity index (χ1) is 15.3. The molecule has 0 saturated heterocycles. The van der Waals surface area contributed by atoms with Gasteiger partial charge in [-0.2, -0.15) is 15.0 Å². The summed E-state index contributed by atoms with van der Waals surface area (Å²) in [5.74, 6) is 1.41. The third-order valence-electron chi connectivity index (χ3n) is 4.38. The van der Waals surface area contributed by atoms with E-state index in [2.05, 4.69) is 20.4 Å². The minimum absolute atomic E-state index is 0.0800. The molecule has 32 heavy (non-hydrogen) atoms. The van der Waals surface area contributed by atoms with Crippen LogP contribution in [0, 0.1) is 11.3 Å². The minimum Gasteiger partial charge on any atom is -0.493 e. The van der Waals surface area contributed by atoms with Crippen molar-refractivity contribution >= 4 is 17.8 Å². The molecule has 0 bridgehead atoms. The maximum absolute atomic E-state index is 12.6. The van der Waals surface area contributed by atoms with Gasteiger partial charge in [-0.05, 0) is 29.8 Å². The van der Waals surface area contributed by atoms with E-state index < -0.39 is 0 Å². The van der Waals surface area contributed by atoms with E-state index >= 15 is 0 Å². The Morgan fingerprint density at radius 3 is 2.62 bits per heavy atom. The Kier molecular flexibility index (Phi) is 6.85. The molecule has 0 aliphatic heterocycles. The van der Waals surface area contributed by atoms with Crippen LogP contribution in [0.5, 0.6) is 11.5 Å². The second kappa shape index (κ2) is 9.75. The molecule has 0 spiro atoms. The van der Waals surface area contributed by atoms with Gasteiger partial charge >= 0.3 is 0 Å². The SMILES string of the molecule is COc1cc(/C=C/C(=O)Nc2cc(C(C)(C)C)nn2-c2ncccn2)ccc1OCC#N. The third-order valence-corrected chi connectivity index (χ3v) is 4.38. The molecular formula is C23H24N6O3. The van der Waals surface area contributed by atoms with Crippen LogP contribution in [0.3, 0.4) is 0 Å². The number of rotatable bonds is 7. The van der Waals surface area contributed by atoms with Gasteiger partial charge in [-0.25, -0.2) is 9.97 Å². The van der Waals surface area contributed by atoms with Crippen LogP contribution in [0.2, 0.25) is 0 Å². The number of benzene rings is 1. The first kappa shape index (κ1) is 22.5. The number of anilines is 1. The summed E-state index contributed by atoms with van der Waals surface area (Å²) in [7, 11) is 1.51. The molecule has 3 aromatic rings. The van der Waals surface area contributed by atoms with Crippen molar-refractivity contribution in [3.05, 3.63) is 60.1 Å². The zero-order chi connectivity index (χ0) is 23.1. The summed E-state index contributed by atoms with van der Waals surface area (Å²) in [6.45, 7) is 6.03. The summed E-state index contributed by atoms with van der Waals surface area (Å²) in [6.07, 6.45) is 6.29. The van der Waals surface area contributed by atoms with Crippen LogP contribution >= 0.6 is 0 Å². The van der Waals surface area contributed by atoms with Gasteiger partial charge in [-0.15, -0.1) is 0 Å². The number of aromatic nitrogens is 4. The fraction of sp³-hybridized carbons (Fsp3) is 0.261. The van der Waals surface area contributed by atoms with Gasteiger partial charge < -0.3 is 14.8 Å². The largest absolute Gasteiger partial charge is 0.493 e. The Morgan fingerprint density at radius 2 is 1.97 bits per heavy atom. The quantitative estimate of drug-likeness (QED) is 0.568. The number of hydrogen-bond donors (Lipinski definition) is 1. The Balaban J connectivity index is 1.81. The monoisotopic (exact) mass is 432 g/mol. The van der Waals surface area contributed by atoms with Crippen molar-refractivity contribution in [2.75, 3.05) is 19.0 Å². The summed E-state index contributed by atoms with van der Waals surface area (Å²) in [4.78, 5) is 21.1. The van der Waals surface area contributed by atoms with E-state index in [1.807, 2.05) is 32.9 Å². The van der Waals surface area contributed by atoms with Crippen LogP contribution in [-0.4, -0.2) is 39.4 Å². The van der Waals surface area contributed by atoms with Gasteiger partial charge in [0.2, 0.25) is 5.91 Å². The Morgan fingerprint density at radius 1 is 1.22 bits per heavy atom. The molecule has 164 valence electrons. The Hall–Kier alpha value is -4.19. The van der Waals surface area contributed by atoms with E-state index in [0.717, 1.165) is 11.3 Å². The lowest BCUT2D eigenvalue weighted by Crippen LogP contribution is -2.14. The zero-order valence-corrected chi connectivity index (χ0v) is 18.4. The van der Waals surface area contributed by atoms with Crippen LogP contribution in [-0.2, 0) is 10.2 Å². The summed E-state index contributed by atoms with van der Waals surface area (Å²) >= 11 is 0. The molecule has 0 unspecified atom stereocenters. The molecule has 0 atom stereocenters. The first-order valence-electron chi connectivity index (χ1n) is 9.86. The number of carbonyl (C=O) groups is 1. The summed E-state index contributed by atoms with van der Waals surface area (Å²) in [5.41, 5.74) is 1.31. The fourth-order valence-electron chi connectivity index (χ4n) is 2.75. The van der Waals surface area contributed by atoms with Crippen LogP contribution in [0.1, 0.15) is 32.0 Å². The van der Waals surface area contributed by atoms with E-state index in [-0.39, 0.29) is 17.9 Å². The molecule has 1 amide bonds. The van der Waals surface area contributed by atoms with E-state index in [0.29, 0.717) is 23.3 Å². The molecule has 0 saturated carbocycles. The van der Waals surface area contributed by atoms with Crippen LogP contribution < -0.4 is 14.8 Å². The van der Waals surface area contributed by atoms with Crippen molar-refractivity contribution in [1.29, 1.82) is 5.26 Å². The number of nitrogens with zero attached hydrogens (tertiary/aromatic N) is 5. The number of methoxy groups -OCH3 is 1. The molecule has 9 nitrogen and oxygen atoms in total. The lowest BCUT2D eigenvalue weighted by Gasteiger charge is -2.13. The normalized spacial score (nSPS) is 11.2. The second-order valence-corrected chi connectivity index (χ2v) is 7.81. The highest BCUT2D eigenvalue weighted by Gasteiger charge is 2.22. The van der Waals surface area contributed by atoms with E-state index in [1.165, 1.54) is 17.9 Å². The lowest BCUT2D eigenvalue weighted by molar-refractivity contribution is -0.111. The van der Waals surface area contributed by atoms with Gasteiger partial charge in [0, 0.05) is 30.0 Å². The molecule has 0 fully saturated rings. The Bertz CT molecular complexity index is 1160. The first-order valence-corrected chi connectivity index (χ1v) is 9.86. The molecule has 3 rings (SSSR count).